The molecule has 0 unspecified atom stereocenters. The highest BCUT2D eigenvalue weighted by Crippen LogP contribution is 2.29. The van der Waals surface area contributed by atoms with Crippen LogP contribution in [0, 0.1) is 0 Å². The van der Waals surface area contributed by atoms with Crippen molar-refractivity contribution in [3.8, 4) is 0 Å². The van der Waals surface area contributed by atoms with Gasteiger partial charge in [0.15, 0.2) is 0 Å². The molecule has 2 heterocycles. The second-order valence-electron chi connectivity index (χ2n) is 5.35. The molecule has 1 nitrogen and oxygen atoms in total. The van der Waals surface area contributed by atoms with Crippen molar-refractivity contribution in [1.82, 2.24) is 5.32 Å². The van der Waals surface area contributed by atoms with Crippen molar-refractivity contribution in [2.45, 2.75) is 39.3 Å². The van der Waals surface area contributed by atoms with E-state index in [1.807, 2.05) is 11.3 Å². The Kier molecular flexibility index (Phi) is 4.64. The molecule has 4 heteroatoms. The van der Waals surface area contributed by atoms with Gasteiger partial charge in [0.25, 0.3) is 0 Å². The molecule has 2 rings (SSSR count). The van der Waals surface area contributed by atoms with E-state index in [-0.39, 0.29) is 5.41 Å². The van der Waals surface area contributed by atoms with E-state index in [0.717, 1.165) is 13.1 Å². The first kappa shape index (κ1) is 14.3. The molecule has 0 aliphatic rings. The van der Waals surface area contributed by atoms with Gasteiger partial charge in [0.1, 0.15) is 0 Å². The summed E-state index contributed by atoms with van der Waals surface area (Å²) in [6.07, 6.45) is 0. The van der Waals surface area contributed by atoms with Gasteiger partial charge in [0.2, 0.25) is 0 Å². The number of halogens is 1. The van der Waals surface area contributed by atoms with E-state index in [0.29, 0.717) is 0 Å². The fourth-order valence-corrected chi connectivity index (χ4v) is 4.09. The summed E-state index contributed by atoms with van der Waals surface area (Å²) in [6, 6.07) is 6.67. The molecule has 0 radical (unpaired) electrons. The van der Waals surface area contributed by atoms with Gasteiger partial charge in [-0.05, 0) is 39.5 Å². The van der Waals surface area contributed by atoms with Gasteiger partial charge >= 0.3 is 0 Å². The molecule has 0 amide bonds. The minimum Gasteiger partial charge on any atom is -0.307 e. The Morgan fingerprint density at radius 1 is 1.17 bits per heavy atom. The topological polar surface area (TPSA) is 12.0 Å². The molecule has 98 valence electrons. The Morgan fingerprint density at radius 3 is 2.44 bits per heavy atom. The lowest BCUT2D eigenvalue weighted by atomic mass is 9.95. The Morgan fingerprint density at radius 2 is 1.89 bits per heavy atom. The zero-order chi connectivity index (χ0) is 13.2. The summed E-state index contributed by atoms with van der Waals surface area (Å²) in [5, 5.41) is 5.62. The minimum absolute atomic E-state index is 0.265. The van der Waals surface area contributed by atoms with E-state index in [4.69, 9.17) is 0 Å². The molecule has 1 N–H and O–H groups in total. The summed E-state index contributed by atoms with van der Waals surface area (Å²) in [5.74, 6) is 0. The molecule has 2 aromatic rings. The maximum absolute atomic E-state index is 3.50. The predicted octanol–water partition coefficient (Wildman–Crippen LogP) is 5.16. The van der Waals surface area contributed by atoms with Gasteiger partial charge in [-0.1, -0.05) is 20.8 Å². The Balaban J connectivity index is 1.85. The van der Waals surface area contributed by atoms with Crippen LogP contribution < -0.4 is 5.32 Å². The molecular formula is C14H18BrNS2. The van der Waals surface area contributed by atoms with Crippen molar-refractivity contribution in [3.63, 3.8) is 0 Å². The van der Waals surface area contributed by atoms with Gasteiger partial charge in [0.05, 0.1) is 0 Å². The quantitative estimate of drug-likeness (QED) is 0.808. The standard InChI is InChI=1S/C14H18BrNS2/c1-14(2,3)13-5-4-11(18-13)7-16-8-12-6-10(15)9-17-12/h4-6,9,16H,7-8H2,1-3H3. The molecule has 18 heavy (non-hydrogen) atoms. The summed E-state index contributed by atoms with van der Waals surface area (Å²) in [5.41, 5.74) is 0.265. The van der Waals surface area contributed by atoms with Crippen molar-refractivity contribution in [3.05, 3.63) is 42.7 Å². The molecule has 0 saturated heterocycles. The lowest BCUT2D eigenvalue weighted by molar-refractivity contribution is 0.604. The average Bonchev–Trinajstić information content (AvgIpc) is 2.87. The number of rotatable bonds is 4. The lowest BCUT2D eigenvalue weighted by Gasteiger charge is -2.15. The molecule has 0 spiro atoms. The van der Waals surface area contributed by atoms with E-state index >= 15 is 0 Å². The Bertz CT molecular complexity index is 508. The number of nitrogens with one attached hydrogen (secondary N) is 1. The smallest absolute Gasteiger partial charge is 0.0303 e. The summed E-state index contributed by atoms with van der Waals surface area (Å²) >= 11 is 7.18. The molecule has 0 atom stereocenters. The summed E-state index contributed by atoms with van der Waals surface area (Å²) in [6.45, 7) is 8.69. The normalized spacial score (nSPS) is 12.0. The molecule has 0 aliphatic carbocycles. The fraction of sp³-hybridized carbons (Fsp3) is 0.429. The van der Waals surface area contributed by atoms with Crippen LogP contribution in [0.2, 0.25) is 0 Å². The van der Waals surface area contributed by atoms with Gasteiger partial charge in [-0.2, -0.15) is 0 Å². The van der Waals surface area contributed by atoms with Gasteiger partial charge in [-0.3, -0.25) is 0 Å². The van der Waals surface area contributed by atoms with Crippen LogP contribution in [0.4, 0.5) is 0 Å². The van der Waals surface area contributed by atoms with Gasteiger partial charge < -0.3 is 5.32 Å². The third kappa shape index (κ3) is 3.92. The van der Waals surface area contributed by atoms with Crippen LogP contribution in [-0.4, -0.2) is 0 Å². The number of hydrogen-bond acceptors (Lipinski definition) is 3. The maximum Gasteiger partial charge on any atom is 0.0303 e. The van der Waals surface area contributed by atoms with Crippen LogP contribution in [0.1, 0.15) is 35.4 Å². The number of hydrogen-bond donors (Lipinski definition) is 1. The SMILES string of the molecule is CC(C)(C)c1ccc(CNCc2cc(Br)cs2)s1. The van der Waals surface area contributed by atoms with Crippen molar-refractivity contribution >= 4 is 38.6 Å². The molecule has 0 bridgehead atoms. The van der Waals surface area contributed by atoms with Crippen LogP contribution in [-0.2, 0) is 18.5 Å². The largest absolute Gasteiger partial charge is 0.307 e. The third-order valence-electron chi connectivity index (χ3n) is 2.62. The van der Waals surface area contributed by atoms with Crippen molar-refractivity contribution in [2.24, 2.45) is 0 Å². The van der Waals surface area contributed by atoms with Crippen LogP contribution in [0.5, 0.6) is 0 Å². The molecule has 0 saturated carbocycles. The molecule has 0 aromatic carbocycles. The Hall–Kier alpha value is -0.160. The van der Waals surface area contributed by atoms with E-state index in [1.54, 1.807) is 11.3 Å². The van der Waals surface area contributed by atoms with Gasteiger partial charge in [-0.15, -0.1) is 22.7 Å². The lowest BCUT2D eigenvalue weighted by Crippen LogP contribution is -2.10. The molecule has 2 aromatic heterocycles. The first-order valence-corrected chi connectivity index (χ1v) is 8.47. The minimum atomic E-state index is 0.265. The van der Waals surface area contributed by atoms with Crippen LogP contribution >= 0.6 is 38.6 Å². The summed E-state index contributed by atoms with van der Waals surface area (Å²) in [7, 11) is 0. The third-order valence-corrected chi connectivity index (χ3v) is 5.83. The zero-order valence-corrected chi connectivity index (χ0v) is 14.1. The van der Waals surface area contributed by atoms with Crippen LogP contribution in [0.15, 0.2) is 28.1 Å². The van der Waals surface area contributed by atoms with Gasteiger partial charge in [0, 0.05) is 37.6 Å². The Labute approximate surface area is 125 Å². The number of thiophene rings is 2. The van der Waals surface area contributed by atoms with Crippen molar-refractivity contribution in [2.75, 3.05) is 0 Å². The zero-order valence-electron chi connectivity index (χ0n) is 10.9. The molecular weight excluding hydrogens is 326 g/mol. The summed E-state index contributed by atoms with van der Waals surface area (Å²) in [4.78, 5) is 4.24. The van der Waals surface area contributed by atoms with E-state index in [9.17, 15) is 0 Å². The maximum atomic E-state index is 3.50. The molecule has 0 fully saturated rings. The van der Waals surface area contributed by atoms with Crippen molar-refractivity contribution in [1.29, 1.82) is 0 Å². The first-order valence-electron chi connectivity index (χ1n) is 5.98. The first-order chi connectivity index (χ1) is 8.45. The van der Waals surface area contributed by atoms with E-state index in [2.05, 4.69) is 65.6 Å². The van der Waals surface area contributed by atoms with Crippen LogP contribution in [0.3, 0.4) is 0 Å². The highest BCUT2D eigenvalue weighted by molar-refractivity contribution is 9.10. The summed E-state index contributed by atoms with van der Waals surface area (Å²) < 4.78 is 1.18. The predicted molar refractivity (Wildman–Crippen MR) is 85.6 cm³/mol. The van der Waals surface area contributed by atoms with E-state index < -0.39 is 0 Å². The van der Waals surface area contributed by atoms with Crippen LogP contribution in [0.25, 0.3) is 0 Å². The van der Waals surface area contributed by atoms with E-state index in [1.165, 1.54) is 19.1 Å². The second kappa shape index (κ2) is 5.87. The highest BCUT2D eigenvalue weighted by atomic mass is 79.9. The second-order valence-corrected chi connectivity index (χ2v) is 8.43. The average molecular weight is 344 g/mol. The fourth-order valence-electron chi connectivity index (χ4n) is 1.63. The molecule has 0 aliphatic heterocycles. The van der Waals surface area contributed by atoms with Gasteiger partial charge in [-0.25, -0.2) is 0 Å². The monoisotopic (exact) mass is 343 g/mol. The highest BCUT2D eigenvalue weighted by Gasteiger charge is 2.15. The van der Waals surface area contributed by atoms with Crippen molar-refractivity contribution < 1.29 is 0 Å².